The third kappa shape index (κ3) is 4.92. The highest BCUT2D eigenvalue weighted by Crippen LogP contribution is 2.50. The molecular weight excluding hydrogens is 737 g/mol. The molecule has 0 aliphatic carbocycles. The maximum Gasteiger partial charge on any atom is 0.187 e. The van der Waals surface area contributed by atoms with Gasteiger partial charge in [-0.15, -0.1) is 0 Å². The molecular formula is C54H30N4O2. The van der Waals surface area contributed by atoms with Gasteiger partial charge in [0, 0.05) is 43.7 Å². The molecule has 60 heavy (non-hydrogen) atoms. The Balaban J connectivity index is 1.13. The highest BCUT2D eigenvalue weighted by Gasteiger charge is 2.25. The Kier molecular flexibility index (Phi) is 7.26. The molecule has 278 valence electrons. The Labute approximate surface area is 343 Å². The van der Waals surface area contributed by atoms with Gasteiger partial charge >= 0.3 is 0 Å². The van der Waals surface area contributed by atoms with Crippen LogP contribution in [0.1, 0.15) is 5.56 Å². The fourth-order valence-corrected chi connectivity index (χ4v) is 9.15. The van der Waals surface area contributed by atoms with Crippen molar-refractivity contribution in [1.82, 2.24) is 0 Å². The average Bonchev–Trinajstić information content (AvgIpc) is 3.89. The summed E-state index contributed by atoms with van der Waals surface area (Å²) in [6.45, 7) is 7.66. The van der Waals surface area contributed by atoms with E-state index in [-0.39, 0.29) is 0 Å². The molecule has 0 saturated carbocycles. The number of benzene rings is 10. The summed E-state index contributed by atoms with van der Waals surface area (Å²) in [5.74, 6) is 0. The van der Waals surface area contributed by atoms with Crippen molar-refractivity contribution in [2.24, 2.45) is 0 Å². The van der Waals surface area contributed by atoms with Crippen LogP contribution in [0.5, 0.6) is 0 Å². The summed E-state index contributed by atoms with van der Waals surface area (Å²) in [5.41, 5.74) is 10.0. The van der Waals surface area contributed by atoms with Gasteiger partial charge in [-0.1, -0.05) is 109 Å². The average molecular weight is 767 g/mol. The van der Waals surface area contributed by atoms with E-state index in [1.54, 1.807) is 0 Å². The molecule has 10 aromatic carbocycles. The highest BCUT2D eigenvalue weighted by molar-refractivity contribution is 6.28. The van der Waals surface area contributed by atoms with Gasteiger partial charge in [0.1, 0.15) is 11.2 Å². The summed E-state index contributed by atoms with van der Waals surface area (Å²) < 4.78 is 13.3. The third-order valence-corrected chi connectivity index (χ3v) is 11.8. The second-order valence-corrected chi connectivity index (χ2v) is 15.1. The second-order valence-electron chi connectivity index (χ2n) is 15.1. The lowest BCUT2D eigenvalue weighted by Gasteiger charge is -2.29. The summed E-state index contributed by atoms with van der Waals surface area (Å²) in [4.78, 5) is 8.21. The summed E-state index contributed by atoms with van der Waals surface area (Å²) in [6.07, 6.45) is 0. The first-order chi connectivity index (χ1) is 29.7. The number of rotatable bonds is 6. The molecule has 6 heteroatoms. The summed E-state index contributed by atoms with van der Waals surface area (Å²) >= 11 is 0. The summed E-state index contributed by atoms with van der Waals surface area (Å²) in [6, 6.07) is 64.4. The molecule has 0 unspecified atom stereocenters. The zero-order valence-electron chi connectivity index (χ0n) is 31.9. The third-order valence-electron chi connectivity index (χ3n) is 11.8. The fraction of sp³-hybridized carbons (Fsp3) is 0. The van der Waals surface area contributed by atoms with Crippen LogP contribution in [0.25, 0.3) is 81.0 Å². The van der Waals surface area contributed by atoms with E-state index in [1.165, 1.54) is 0 Å². The van der Waals surface area contributed by atoms with Gasteiger partial charge in [-0.25, -0.2) is 4.85 Å². The molecule has 2 heterocycles. The maximum absolute atomic E-state index is 9.74. The molecule has 12 aromatic rings. The minimum Gasteiger partial charge on any atom is -0.454 e. The molecule has 0 bridgehead atoms. The number of furan rings is 2. The minimum absolute atomic E-state index is 0.578. The molecule has 0 aliphatic heterocycles. The van der Waals surface area contributed by atoms with Gasteiger partial charge in [0.05, 0.1) is 41.0 Å². The zero-order chi connectivity index (χ0) is 39.9. The van der Waals surface area contributed by atoms with Gasteiger partial charge in [0.2, 0.25) is 0 Å². The van der Waals surface area contributed by atoms with Gasteiger partial charge in [-0.3, -0.25) is 0 Å². The van der Waals surface area contributed by atoms with Gasteiger partial charge in [-0.2, -0.15) is 5.26 Å². The van der Waals surface area contributed by atoms with Crippen LogP contribution >= 0.6 is 0 Å². The lowest BCUT2D eigenvalue weighted by molar-refractivity contribution is 0.669. The smallest absolute Gasteiger partial charge is 0.187 e. The first kappa shape index (κ1) is 33.5. The van der Waals surface area contributed by atoms with E-state index in [9.17, 15) is 5.26 Å². The first-order valence-corrected chi connectivity index (χ1v) is 19.8. The topological polar surface area (TPSA) is 60.9 Å². The monoisotopic (exact) mass is 766 g/mol. The molecule has 2 aromatic heterocycles. The van der Waals surface area contributed by atoms with Crippen molar-refractivity contribution < 1.29 is 8.83 Å². The maximum atomic E-state index is 9.74. The van der Waals surface area contributed by atoms with Gasteiger partial charge in [0.15, 0.2) is 16.9 Å². The van der Waals surface area contributed by atoms with Crippen molar-refractivity contribution in [3.05, 3.63) is 199 Å². The largest absolute Gasteiger partial charge is 0.454 e. The molecule has 12 rings (SSSR count). The van der Waals surface area contributed by atoms with E-state index in [0.717, 1.165) is 110 Å². The molecule has 0 spiro atoms. The lowest BCUT2D eigenvalue weighted by atomic mass is 9.91. The van der Waals surface area contributed by atoms with E-state index in [1.807, 2.05) is 84.9 Å². The lowest BCUT2D eigenvalue weighted by Crippen LogP contribution is -2.12. The van der Waals surface area contributed by atoms with Crippen molar-refractivity contribution >= 4 is 116 Å². The van der Waals surface area contributed by atoms with E-state index >= 15 is 0 Å². The number of fused-ring (bicyclic) bond motifs is 6. The molecule has 6 nitrogen and oxygen atoms in total. The number of anilines is 6. The van der Waals surface area contributed by atoms with E-state index in [0.29, 0.717) is 11.3 Å². The van der Waals surface area contributed by atoms with Crippen molar-refractivity contribution in [1.29, 1.82) is 5.26 Å². The van der Waals surface area contributed by atoms with Crippen molar-refractivity contribution in [2.45, 2.75) is 0 Å². The molecule has 0 amide bonds. The Morgan fingerprint density at radius 2 is 0.867 bits per heavy atom. The van der Waals surface area contributed by atoms with Gasteiger partial charge in [-0.05, 0) is 94.3 Å². The number of nitrogens with zero attached hydrogens (tertiary/aromatic N) is 4. The predicted molar refractivity (Wildman–Crippen MR) is 245 cm³/mol. The van der Waals surface area contributed by atoms with E-state index in [2.05, 4.69) is 118 Å². The minimum atomic E-state index is 0.578. The predicted octanol–water partition coefficient (Wildman–Crippen LogP) is 15.7. The first-order valence-electron chi connectivity index (χ1n) is 19.8. The van der Waals surface area contributed by atoms with Crippen molar-refractivity contribution in [3.8, 4) is 6.07 Å². The Morgan fingerprint density at radius 3 is 1.35 bits per heavy atom. The van der Waals surface area contributed by atoms with Crippen LogP contribution in [0.4, 0.5) is 39.8 Å². The standard InChI is InChI=1S/C54H30N4O2/c1-56-36-22-26-38(27-23-36)58(48-13-7-11-42-40-9-3-5-15-50(40)60-54(42)48)46-31-21-35-18-28-43-45(30-20-34-19-29-44(46)52(35)51(34)43)57(37-24-16-33(32-55)17-25-37)47-12-6-10-41-39-8-2-4-14-49(39)59-53(41)47/h2-31H. The molecule has 0 N–H and O–H groups in total. The van der Waals surface area contributed by atoms with Crippen LogP contribution < -0.4 is 9.80 Å². The number of nitriles is 1. The quantitative estimate of drug-likeness (QED) is 0.125. The SMILES string of the molecule is [C-]#[N+]c1ccc(N(c2ccc3ccc4c(N(c5ccc(C#N)cc5)c5cccc6c5oc5ccccc56)ccc5ccc2c3c54)c2cccc3c2oc2ccccc23)cc1. The van der Waals surface area contributed by atoms with Gasteiger partial charge in [0.25, 0.3) is 0 Å². The summed E-state index contributed by atoms with van der Waals surface area (Å²) in [7, 11) is 0. The second kappa shape index (κ2) is 13.0. The Bertz CT molecular complexity index is 3500. The molecule has 0 saturated heterocycles. The Morgan fingerprint density at radius 1 is 0.417 bits per heavy atom. The number of hydrogen-bond acceptors (Lipinski definition) is 5. The van der Waals surface area contributed by atoms with Crippen molar-refractivity contribution in [2.75, 3.05) is 9.80 Å². The molecule has 0 fully saturated rings. The van der Waals surface area contributed by atoms with E-state index < -0.39 is 0 Å². The molecule has 0 atom stereocenters. The fourth-order valence-electron chi connectivity index (χ4n) is 9.15. The van der Waals surface area contributed by atoms with Crippen molar-refractivity contribution in [3.63, 3.8) is 0 Å². The van der Waals surface area contributed by atoms with Crippen LogP contribution in [0.3, 0.4) is 0 Å². The highest BCUT2D eigenvalue weighted by atomic mass is 16.3. The molecule has 0 radical (unpaired) electrons. The van der Waals surface area contributed by atoms with Crippen LogP contribution in [0.15, 0.2) is 191 Å². The van der Waals surface area contributed by atoms with Crippen LogP contribution in [-0.2, 0) is 0 Å². The Hall–Kier alpha value is -8.58. The van der Waals surface area contributed by atoms with Gasteiger partial charge < -0.3 is 18.6 Å². The normalized spacial score (nSPS) is 11.6. The molecule has 0 aliphatic rings. The van der Waals surface area contributed by atoms with Crippen LogP contribution in [0.2, 0.25) is 0 Å². The van der Waals surface area contributed by atoms with Crippen LogP contribution in [0, 0.1) is 17.9 Å². The zero-order valence-corrected chi connectivity index (χ0v) is 31.9. The summed E-state index contributed by atoms with van der Waals surface area (Å²) in [5, 5.41) is 20.6. The van der Waals surface area contributed by atoms with E-state index in [4.69, 9.17) is 15.4 Å². The van der Waals surface area contributed by atoms with Crippen LogP contribution in [-0.4, -0.2) is 0 Å². The number of hydrogen-bond donors (Lipinski definition) is 0. The number of para-hydroxylation sites is 4.